The quantitative estimate of drug-likeness (QED) is 0.483. The Hall–Kier alpha value is -0.123. The van der Waals surface area contributed by atoms with Gasteiger partial charge in [-0.2, -0.15) is 0 Å². The Bertz CT molecular complexity index is 238. The van der Waals surface area contributed by atoms with Gasteiger partial charge in [0.25, 0.3) is 0 Å². The lowest BCUT2D eigenvalue weighted by Gasteiger charge is -2.44. The first-order chi connectivity index (χ1) is 8.82. The maximum Gasteiger partial charge on any atom is 0.201 e. The lowest BCUT2D eigenvalue weighted by Crippen LogP contribution is -2.49. The molecular weight excluding hydrogens is 252 g/mol. The second kappa shape index (κ2) is 8.93. The van der Waals surface area contributed by atoms with Crippen molar-refractivity contribution in [1.82, 2.24) is 0 Å². The monoisotopic (exact) mass is 286 g/mol. The molecule has 19 heavy (non-hydrogen) atoms. The molecule has 2 nitrogen and oxygen atoms in total. The van der Waals surface area contributed by atoms with Gasteiger partial charge in [-0.05, 0) is 29.5 Å². The van der Waals surface area contributed by atoms with E-state index in [9.17, 15) is 0 Å². The van der Waals surface area contributed by atoms with Gasteiger partial charge in [0.1, 0.15) is 0 Å². The maximum absolute atomic E-state index is 8.87. The SMILES string of the molecule is CC[C@@H](/C=C\CCO)O[Si](C(C)C)(C(C)C)C(C)C. The highest BCUT2D eigenvalue weighted by atomic mass is 28.4. The topological polar surface area (TPSA) is 29.5 Å². The highest BCUT2D eigenvalue weighted by molar-refractivity contribution is 6.77. The van der Waals surface area contributed by atoms with Gasteiger partial charge in [0.05, 0.1) is 6.10 Å². The van der Waals surface area contributed by atoms with Crippen LogP contribution in [0.2, 0.25) is 16.6 Å². The minimum absolute atomic E-state index is 0.199. The molecule has 0 fully saturated rings. The molecular formula is C16H34O2Si. The molecule has 0 aromatic carbocycles. The summed E-state index contributed by atoms with van der Waals surface area (Å²) in [6, 6.07) is 0. The summed E-state index contributed by atoms with van der Waals surface area (Å²) in [6.45, 7) is 16.3. The van der Waals surface area contributed by atoms with Crippen LogP contribution in [0.3, 0.4) is 0 Å². The van der Waals surface area contributed by atoms with E-state index in [0.29, 0.717) is 16.6 Å². The van der Waals surface area contributed by atoms with Crippen molar-refractivity contribution in [2.45, 2.75) is 84.0 Å². The first-order valence-corrected chi connectivity index (χ1v) is 9.92. The number of hydrogen-bond donors (Lipinski definition) is 1. The van der Waals surface area contributed by atoms with Crippen molar-refractivity contribution in [1.29, 1.82) is 0 Å². The Morgan fingerprint density at radius 3 is 1.79 bits per heavy atom. The van der Waals surface area contributed by atoms with Crippen molar-refractivity contribution in [3.8, 4) is 0 Å². The van der Waals surface area contributed by atoms with E-state index in [0.717, 1.165) is 12.8 Å². The van der Waals surface area contributed by atoms with E-state index in [2.05, 4.69) is 54.5 Å². The minimum Gasteiger partial charge on any atom is -0.410 e. The summed E-state index contributed by atoms with van der Waals surface area (Å²) >= 11 is 0. The average Bonchev–Trinajstić information content (AvgIpc) is 2.32. The van der Waals surface area contributed by atoms with Crippen LogP contribution in [0.1, 0.15) is 61.3 Å². The van der Waals surface area contributed by atoms with Gasteiger partial charge in [-0.3, -0.25) is 0 Å². The van der Waals surface area contributed by atoms with Crippen molar-refractivity contribution in [2.24, 2.45) is 0 Å². The summed E-state index contributed by atoms with van der Waals surface area (Å²) in [4.78, 5) is 0. The Kier molecular flexibility index (Phi) is 8.87. The van der Waals surface area contributed by atoms with Gasteiger partial charge < -0.3 is 9.53 Å². The zero-order valence-electron chi connectivity index (χ0n) is 13.9. The third-order valence-corrected chi connectivity index (χ3v) is 10.2. The van der Waals surface area contributed by atoms with Gasteiger partial charge >= 0.3 is 0 Å². The van der Waals surface area contributed by atoms with E-state index in [1.165, 1.54) is 0 Å². The molecule has 0 bridgehead atoms. The molecule has 1 N–H and O–H groups in total. The highest BCUT2D eigenvalue weighted by Gasteiger charge is 2.46. The third kappa shape index (κ3) is 5.05. The smallest absolute Gasteiger partial charge is 0.201 e. The molecule has 0 unspecified atom stereocenters. The van der Waals surface area contributed by atoms with Crippen LogP contribution in [-0.2, 0) is 4.43 Å². The van der Waals surface area contributed by atoms with Gasteiger partial charge in [-0.25, -0.2) is 0 Å². The molecule has 0 aromatic heterocycles. The van der Waals surface area contributed by atoms with E-state index in [4.69, 9.17) is 9.53 Å². The number of aliphatic hydroxyl groups excluding tert-OH is 1. The standard InChI is InChI=1S/C16H34O2Si/c1-8-16(11-9-10-12-17)18-19(13(2)3,14(4)5)15(6)7/h9,11,13-17H,8,10,12H2,1-7H3/b11-9-/t16-/m0/s1. The molecule has 0 heterocycles. The fourth-order valence-corrected chi connectivity index (χ4v) is 8.84. The second-order valence-corrected chi connectivity index (χ2v) is 11.7. The van der Waals surface area contributed by atoms with Crippen molar-refractivity contribution in [2.75, 3.05) is 6.61 Å². The molecule has 0 amide bonds. The van der Waals surface area contributed by atoms with E-state index in [-0.39, 0.29) is 12.7 Å². The van der Waals surface area contributed by atoms with Crippen molar-refractivity contribution in [3.05, 3.63) is 12.2 Å². The lowest BCUT2D eigenvalue weighted by atomic mass is 10.2. The van der Waals surface area contributed by atoms with Crippen LogP contribution in [0.15, 0.2) is 12.2 Å². The summed E-state index contributed by atoms with van der Waals surface area (Å²) in [5.74, 6) is 0. The van der Waals surface area contributed by atoms with Gasteiger partial charge in [-0.15, -0.1) is 0 Å². The van der Waals surface area contributed by atoms with Crippen LogP contribution < -0.4 is 0 Å². The third-order valence-electron chi connectivity index (χ3n) is 4.11. The Morgan fingerprint density at radius 2 is 1.47 bits per heavy atom. The van der Waals surface area contributed by atoms with Gasteiger partial charge in [-0.1, -0.05) is 60.6 Å². The predicted molar refractivity (Wildman–Crippen MR) is 87.1 cm³/mol. The summed E-state index contributed by atoms with van der Waals surface area (Å²) in [7, 11) is -1.79. The van der Waals surface area contributed by atoms with Gasteiger partial charge in [0, 0.05) is 6.61 Å². The van der Waals surface area contributed by atoms with Crippen LogP contribution in [-0.4, -0.2) is 26.1 Å². The second-order valence-electron chi connectivity index (χ2n) is 6.32. The van der Waals surface area contributed by atoms with E-state index >= 15 is 0 Å². The zero-order chi connectivity index (χ0) is 15.1. The molecule has 114 valence electrons. The van der Waals surface area contributed by atoms with E-state index in [1.54, 1.807) is 0 Å². The molecule has 3 heteroatoms. The van der Waals surface area contributed by atoms with E-state index in [1.807, 2.05) is 6.08 Å². The first kappa shape index (κ1) is 18.9. The lowest BCUT2D eigenvalue weighted by molar-refractivity contribution is 0.211. The molecule has 0 rings (SSSR count). The Labute approximate surface area is 121 Å². The molecule has 0 aliphatic rings. The largest absolute Gasteiger partial charge is 0.410 e. The summed E-state index contributed by atoms with van der Waals surface area (Å²) in [5.41, 5.74) is 1.85. The zero-order valence-corrected chi connectivity index (χ0v) is 14.9. The normalized spacial score (nSPS) is 15.1. The minimum atomic E-state index is -1.79. The van der Waals surface area contributed by atoms with Crippen LogP contribution in [0.5, 0.6) is 0 Å². The van der Waals surface area contributed by atoms with Gasteiger partial charge in [0.15, 0.2) is 0 Å². The highest BCUT2D eigenvalue weighted by Crippen LogP contribution is 2.43. The molecule has 0 aromatic rings. The summed E-state index contributed by atoms with van der Waals surface area (Å²) in [5, 5.41) is 8.87. The number of aliphatic hydroxyl groups is 1. The molecule has 0 radical (unpaired) electrons. The van der Waals surface area contributed by atoms with Crippen LogP contribution in [0.4, 0.5) is 0 Å². The molecule has 0 saturated carbocycles. The average molecular weight is 287 g/mol. The first-order valence-electron chi connectivity index (χ1n) is 7.78. The van der Waals surface area contributed by atoms with Crippen LogP contribution in [0.25, 0.3) is 0 Å². The van der Waals surface area contributed by atoms with E-state index < -0.39 is 8.32 Å². The number of rotatable bonds is 9. The van der Waals surface area contributed by atoms with Crippen LogP contribution in [0, 0.1) is 0 Å². The van der Waals surface area contributed by atoms with Crippen molar-refractivity contribution in [3.63, 3.8) is 0 Å². The maximum atomic E-state index is 8.87. The molecule has 0 aliphatic carbocycles. The molecule has 0 spiro atoms. The predicted octanol–water partition coefficient (Wildman–Crippen LogP) is 4.90. The van der Waals surface area contributed by atoms with Gasteiger partial charge in [0.2, 0.25) is 8.32 Å². The van der Waals surface area contributed by atoms with Crippen molar-refractivity contribution < 1.29 is 9.53 Å². The summed E-state index contributed by atoms with van der Waals surface area (Å²) in [6.07, 6.45) is 6.12. The Balaban J connectivity index is 5.07. The van der Waals surface area contributed by atoms with Crippen molar-refractivity contribution >= 4 is 8.32 Å². The Morgan fingerprint density at radius 1 is 1.00 bits per heavy atom. The summed E-state index contributed by atoms with van der Waals surface area (Å²) < 4.78 is 6.69. The molecule has 0 saturated heterocycles. The molecule has 1 atom stereocenters. The number of hydrogen-bond acceptors (Lipinski definition) is 2. The fraction of sp³-hybridized carbons (Fsp3) is 0.875. The van der Waals surface area contributed by atoms with Crippen LogP contribution >= 0.6 is 0 Å². The molecule has 0 aliphatic heterocycles. The fourth-order valence-electron chi connectivity index (χ4n) is 3.25.